The van der Waals surface area contributed by atoms with E-state index in [1.165, 1.54) is 5.56 Å². The van der Waals surface area contributed by atoms with Crippen molar-refractivity contribution in [3.05, 3.63) is 66.2 Å². The van der Waals surface area contributed by atoms with Gasteiger partial charge in [0.15, 0.2) is 0 Å². The van der Waals surface area contributed by atoms with Crippen LogP contribution in [0.3, 0.4) is 0 Å². The SMILES string of the molecule is Cc1cccc(Nc2nc(-c3ccccc3)cc(N3CCN(C=O)CC3)n2)c1. The third-order valence-electron chi connectivity index (χ3n) is 4.84. The quantitative estimate of drug-likeness (QED) is 0.694. The lowest BCUT2D eigenvalue weighted by Gasteiger charge is -2.33. The average Bonchev–Trinajstić information content (AvgIpc) is 2.74. The second-order valence-electron chi connectivity index (χ2n) is 6.92. The van der Waals surface area contributed by atoms with Crippen molar-refractivity contribution >= 4 is 23.9 Å². The van der Waals surface area contributed by atoms with Crippen molar-refractivity contribution in [3.8, 4) is 11.3 Å². The number of hydrogen-bond acceptors (Lipinski definition) is 5. The Labute approximate surface area is 164 Å². The van der Waals surface area contributed by atoms with Gasteiger partial charge in [-0.25, -0.2) is 4.98 Å². The minimum Gasteiger partial charge on any atom is -0.353 e. The van der Waals surface area contributed by atoms with E-state index in [-0.39, 0.29) is 0 Å². The van der Waals surface area contributed by atoms with Crippen LogP contribution < -0.4 is 10.2 Å². The van der Waals surface area contributed by atoms with Crippen LogP contribution in [0.25, 0.3) is 11.3 Å². The van der Waals surface area contributed by atoms with Crippen LogP contribution in [0.1, 0.15) is 5.56 Å². The minimum absolute atomic E-state index is 0.569. The van der Waals surface area contributed by atoms with Gasteiger partial charge in [-0.15, -0.1) is 0 Å². The summed E-state index contributed by atoms with van der Waals surface area (Å²) in [5.41, 5.74) is 4.06. The third-order valence-corrected chi connectivity index (χ3v) is 4.84. The van der Waals surface area contributed by atoms with Crippen molar-refractivity contribution in [2.75, 3.05) is 36.4 Å². The van der Waals surface area contributed by atoms with Crippen LogP contribution in [0.15, 0.2) is 60.7 Å². The van der Waals surface area contributed by atoms with Gasteiger partial charge in [-0.05, 0) is 24.6 Å². The summed E-state index contributed by atoms with van der Waals surface area (Å²) in [4.78, 5) is 24.5. The fourth-order valence-electron chi connectivity index (χ4n) is 3.32. The molecule has 6 nitrogen and oxygen atoms in total. The van der Waals surface area contributed by atoms with Crippen LogP contribution in [0.5, 0.6) is 0 Å². The summed E-state index contributed by atoms with van der Waals surface area (Å²) in [5.74, 6) is 1.44. The first-order chi connectivity index (χ1) is 13.7. The molecule has 0 aliphatic carbocycles. The van der Waals surface area contributed by atoms with Crippen molar-refractivity contribution < 1.29 is 4.79 Å². The highest BCUT2D eigenvalue weighted by molar-refractivity contribution is 5.67. The van der Waals surface area contributed by atoms with Gasteiger partial charge in [-0.3, -0.25) is 4.79 Å². The molecule has 0 saturated carbocycles. The summed E-state index contributed by atoms with van der Waals surface area (Å²) in [7, 11) is 0. The van der Waals surface area contributed by atoms with Gasteiger partial charge in [0.1, 0.15) is 5.82 Å². The first-order valence-corrected chi connectivity index (χ1v) is 9.44. The van der Waals surface area contributed by atoms with Gasteiger partial charge in [0.2, 0.25) is 12.4 Å². The maximum Gasteiger partial charge on any atom is 0.229 e. The topological polar surface area (TPSA) is 61.4 Å². The molecule has 1 N–H and O–H groups in total. The van der Waals surface area contributed by atoms with Crippen LogP contribution in [-0.4, -0.2) is 47.5 Å². The Morgan fingerprint density at radius 1 is 0.929 bits per heavy atom. The molecule has 1 saturated heterocycles. The second-order valence-corrected chi connectivity index (χ2v) is 6.92. The summed E-state index contributed by atoms with van der Waals surface area (Å²) in [6.07, 6.45) is 0.914. The summed E-state index contributed by atoms with van der Waals surface area (Å²) in [6, 6.07) is 20.3. The fraction of sp³-hybridized carbons (Fsp3) is 0.227. The number of amides is 1. The monoisotopic (exact) mass is 373 g/mol. The molecule has 0 bridgehead atoms. The molecule has 2 aromatic carbocycles. The number of benzene rings is 2. The van der Waals surface area contributed by atoms with E-state index < -0.39 is 0 Å². The molecule has 0 unspecified atom stereocenters. The smallest absolute Gasteiger partial charge is 0.229 e. The average molecular weight is 373 g/mol. The normalized spacial score (nSPS) is 14.0. The van der Waals surface area contributed by atoms with Crippen molar-refractivity contribution in [2.24, 2.45) is 0 Å². The molecule has 3 aromatic rings. The van der Waals surface area contributed by atoms with E-state index in [0.717, 1.165) is 42.3 Å². The van der Waals surface area contributed by atoms with Gasteiger partial charge in [-0.2, -0.15) is 4.98 Å². The number of nitrogens with one attached hydrogen (secondary N) is 1. The van der Waals surface area contributed by atoms with Crippen LogP contribution >= 0.6 is 0 Å². The lowest BCUT2D eigenvalue weighted by molar-refractivity contribution is -0.118. The molecular weight excluding hydrogens is 350 g/mol. The predicted octanol–water partition coefficient (Wildman–Crippen LogP) is 3.47. The van der Waals surface area contributed by atoms with E-state index in [1.54, 1.807) is 4.90 Å². The van der Waals surface area contributed by atoms with Crippen LogP contribution in [0.4, 0.5) is 17.5 Å². The van der Waals surface area contributed by atoms with Gasteiger partial charge in [0, 0.05) is 43.5 Å². The Morgan fingerprint density at radius 2 is 1.71 bits per heavy atom. The molecule has 1 amide bonds. The van der Waals surface area contributed by atoms with E-state index in [2.05, 4.69) is 29.3 Å². The molecule has 0 atom stereocenters. The lowest BCUT2D eigenvalue weighted by atomic mass is 10.1. The fourth-order valence-corrected chi connectivity index (χ4v) is 3.32. The summed E-state index contributed by atoms with van der Waals surface area (Å²) >= 11 is 0. The van der Waals surface area contributed by atoms with Gasteiger partial charge in [0.25, 0.3) is 0 Å². The maximum atomic E-state index is 11.0. The van der Waals surface area contributed by atoms with E-state index in [4.69, 9.17) is 9.97 Å². The van der Waals surface area contributed by atoms with Gasteiger partial charge in [0.05, 0.1) is 5.69 Å². The van der Waals surface area contributed by atoms with Gasteiger partial charge in [-0.1, -0.05) is 42.5 Å². The molecule has 1 fully saturated rings. The van der Waals surface area contributed by atoms with E-state index in [0.29, 0.717) is 19.0 Å². The molecule has 1 aromatic heterocycles. The number of anilines is 3. The lowest BCUT2D eigenvalue weighted by Crippen LogP contribution is -2.46. The van der Waals surface area contributed by atoms with Crippen LogP contribution in [0, 0.1) is 6.92 Å². The number of rotatable bonds is 5. The summed E-state index contributed by atoms with van der Waals surface area (Å²) in [6.45, 7) is 4.98. The Morgan fingerprint density at radius 3 is 2.43 bits per heavy atom. The first-order valence-electron chi connectivity index (χ1n) is 9.44. The number of carbonyl (C=O) groups excluding carboxylic acids is 1. The number of aryl methyl sites for hydroxylation is 1. The molecule has 0 spiro atoms. The molecule has 142 valence electrons. The van der Waals surface area contributed by atoms with E-state index in [9.17, 15) is 4.79 Å². The summed E-state index contributed by atoms with van der Waals surface area (Å²) in [5, 5.41) is 3.34. The standard InChI is InChI=1S/C22H23N5O/c1-17-6-5-9-19(14-17)23-22-24-20(18-7-3-2-4-8-18)15-21(25-22)27-12-10-26(16-28)11-13-27/h2-9,14-16H,10-13H2,1H3,(H,23,24,25). The Kier molecular flexibility index (Phi) is 5.19. The molecule has 0 radical (unpaired) electrons. The highest BCUT2D eigenvalue weighted by atomic mass is 16.1. The Hall–Kier alpha value is -3.41. The zero-order chi connectivity index (χ0) is 19.3. The molecule has 2 heterocycles. The Bertz CT molecular complexity index is 952. The van der Waals surface area contributed by atoms with Crippen molar-refractivity contribution in [3.63, 3.8) is 0 Å². The van der Waals surface area contributed by atoms with Crippen LogP contribution in [0.2, 0.25) is 0 Å². The molecule has 1 aliphatic rings. The maximum absolute atomic E-state index is 11.0. The first kappa shape index (κ1) is 18.0. The molecule has 6 heteroatoms. The van der Waals surface area contributed by atoms with E-state index >= 15 is 0 Å². The van der Waals surface area contributed by atoms with Crippen molar-refractivity contribution in [1.29, 1.82) is 0 Å². The largest absolute Gasteiger partial charge is 0.353 e. The van der Waals surface area contributed by atoms with Crippen LogP contribution in [-0.2, 0) is 4.79 Å². The van der Waals surface area contributed by atoms with E-state index in [1.807, 2.05) is 48.5 Å². The second kappa shape index (κ2) is 8.08. The Balaban J connectivity index is 1.68. The molecule has 4 rings (SSSR count). The number of piperazine rings is 1. The zero-order valence-corrected chi connectivity index (χ0v) is 15.9. The number of aromatic nitrogens is 2. The van der Waals surface area contributed by atoms with Crippen molar-refractivity contribution in [1.82, 2.24) is 14.9 Å². The third kappa shape index (κ3) is 4.11. The number of carbonyl (C=O) groups is 1. The highest BCUT2D eigenvalue weighted by Crippen LogP contribution is 2.25. The zero-order valence-electron chi connectivity index (χ0n) is 15.9. The predicted molar refractivity (Wildman–Crippen MR) is 112 cm³/mol. The van der Waals surface area contributed by atoms with Gasteiger partial charge < -0.3 is 15.1 Å². The number of hydrogen-bond donors (Lipinski definition) is 1. The summed E-state index contributed by atoms with van der Waals surface area (Å²) < 4.78 is 0. The molecule has 1 aliphatic heterocycles. The van der Waals surface area contributed by atoms with Crippen molar-refractivity contribution in [2.45, 2.75) is 6.92 Å². The van der Waals surface area contributed by atoms with Gasteiger partial charge >= 0.3 is 0 Å². The highest BCUT2D eigenvalue weighted by Gasteiger charge is 2.18. The molecule has 28 heavy (non-hydrogen) atoms. The number of nitrogens with zero attached hydrogens (tertiary/aromatic N) is 4. The molecular formula is C22H23N5O. The minimum atomic E-state index is 0.569.